The lowest BCUT2D eigenvalue weighted by atomic mass is 10.0. The molecular weight excluding hydrogens is 314 g/mol. The molecule has 6 heteroatoms. The molecule has 1 heterocycles. The Morgan fingerprint density at radius 3 is 2.52 bits per heavy atom. The molecule has 0 bridgehead atoms. The van der Waals surface area contributed by atoms with Gasteiger partial charge in [0.25, 0.3) is 0 Å². The molecule has 0 aliphatic carbocycles. The summed E-state index contributed by atoms with van der Waals surface area (Å²) in [5.41, 5.74) is 2.98. The number of hydrogen-bond donors (Lipinski definition) is 2. The molecule has 0 amide bonds. The van der Waals surface area contributed by atoms with Crippen LogP contribution in [0.4, 0.5) is 0 Å². The fourth-order valence-corrected chi connectivity index (χ4v) is 2.60. The van der Waals surface area contributed by atoms with Gasteiger partial charge in [-0.3, -0.25) is 4.79 Å². The first-order valence-electron chi connectivity index (χ1n) is 6.95. The van der Waals surface area contributed by atoms with Crippen molar-refractivity contribution in [2.24, 2.45) is 0 Å². The second-order valence-corrected chi connectivity index (χ2v) is 5.48. The molecule has 2 aromatic carbocycles. The minimum Gasteiger partial charge on any atom is -0.501 e. The Labute approximate surface area is 137 Å². The second-order valence-electron chi connectivity index (χ2n) is 5.06. The maximum atomic E-state index is 11.0. The number of para-hydroxylation sites is 1. The third-order valence-electron chi connectivity index (χ3n) is 3.50. The Hall–Kier alpha value is -2.73. The fourth-order valence-electron chi connectivity index (χ4n) is 2.42. The number of rotatable bonds is 5. The maximum absolute atomic E-state index is 11.0. The molecule has 1 unspecified atom stereocenters. The fraction of sp³-hybridized carbons (Fsp3) is 0.118. The standard InChI is InChI=1S/C17H13NO4S/c19-14(20)9-12(17(21)23)16-18-15-11(7-4-8-13(15)22-16)10-5-2-1-3-6-10/h1-8,12H,9H2,(H,19,20)(H,21,23). The van der Waals surface area contributed by atoms with Crippen LogP contribution in [0.1, 0.15) is 18.2 Å². The highest BCUT2D eigenvalue weighted by Gasteiger charge is 2.26. The van der Waals surface area contributed by atoms with Crippen LogP contribution in [0.2, 0.25) is 0 Å². The van der Waals surface area contributed by atoms with Gasteiger partial charge in [0.15, 0.2) is 10.6 Å². The van der Waals surface area contributed by atoms with Crippen LogP contribution >= 0.6 is 12.2 Å². The maximum Gasteiger partial charge on any atom is 0.304 e. The monoisotopic (exact) mass is 327 g/mol. The van der Waals surface area contributed by atoms with Gasteiger partial charge in [-0.25, -0.2) is 4.98 Å². The van der Waals surface area contributed by atoms with E-state index in [1.807, 2.05) is 42.5 Å². The molecule has 0 aliphatic rings. The SMILES string of the molecule is O=C(O)CC(C(O)=S)c1nc2c(-c3ccccc3)cccc2o1. The summed E-state index contributed by atoms with van der Waals surface area (Å²) in [6.07, 6.45) is -0.372. The predicted octanol–water partition coefficient (Wildman–Crippen LogP) is 3.94. The number of carboxylic acid groups (broad SMARTS) is 1. The summed E-state index contributed by atoms with van der Waals surface area (Å²) in [6, 6.07) is 15.2. The molecular formula is C17H13NO4S. The first kappa shape index (κ1) is 15.2. The third kappa shape index (κ3) is 3.07. The number of aliphatic hydroxyl groups is 1. The number of thiocarbonyl (C=S) groups is 1. The van der Waals surface area contributed by atoms with E-state index in [0.29, 0.717) is 11.1 Å². The number of oxazole rings is 1. The van der Waals surface area contributed by atoms with Crippen molar-refractivity contribution in [3.8, 4) is 11.1 Å². The zero-order valence-electron chi connectivity index (χ0n) is 12.0. The first-order chi connectivity index (χ1) is 11.1. The third-order valence-corrected chi connectivity index (χ3v) is 3.78. The van der Waals surface area contributed by atoms with Crippen LogP contribution in [0.5, 0.6) is 0 Å². The first-order valence-corrected chi connectivity index (χ1v) is 7.36. The highest BCUT2D eigenvalue weighted by Crippen LogP contribution is 2.31. The van der Waals surface area contributed by atoms with E-state index >= 15 is 0 Å². The zero-order valence-corrected chi connectivity index (χ0v) is 12.8. The van der Waals surface area contributed by atoms with Gasteiger partial charge < -0.3 is 14.6 Å². The molecule has 116 valence electrons. The summed E-state index contributed by atoms with van der Waals surface area (Å²) in [5.74, 6) is -1.92. The van der Waals surface area contributed by atoms with Crippen molar-refractivity contribution in [1.82, 2.24) is 4.98 Å². The van der Waals surface area contributed by atoms with Gasteiger partial charge in [0.1, 0.15) is 11.4 Å². The van der Waals surface area contributed by atoms with Crippen molar-refractivity contribution in [3.05, 3.63) is 54.4 Å². The van der Waals surface area contributed by atoms with Crippen molar-refractivity contribution >= 4 is 34.3 Å². The molecule has 0 fully saturated rings. The molecule has 3 rings (SSSR count). The number of aliphatic carboxylic acids is 1. The Balaban J connectivity index is 2.12. The average molecular weight is 327 g/mol. The van der Waals surface area contributed by atoms with Crippen LogP contribution in [-0.4, -0.2) is 26.2 Å². The Kier molecular flexibility index (Phi) is 4.08. The van der Waals surface area contributed by atoms with Gasteiger partial charge in [0, 0.05) is 5.56 Å². The molecule has 0 aliphatic heterocycles. The van der Waals surface area contributed by atoms with E-state index in [-0.39, 0.29) is 12.3 Å². The predicted molar refractivity (Wildman–Crippen MR) is 89.7 cm³/mol. The summed E-state index contributed by atoms with van der Waals surface area (Å²) in [6.45, 7) is 0. The minimum atomic E-state index is -1.09. The molecule has 1 atom stereocenters. The van der Waals surface area contributed by atoms with Crippen LogP contribution in [0.3, 0.4) is 0 Å². The largest absolute Gasteiger partial charge is 0.501 e. The van der Waals surface area contributed by atoms with Crippen molar-refractivity contribution in [2.75, 3.05) is 0 Å². The Morgan fingerprint density at radius 2 is 1.87 bits per heavy atom. The van der Waals surface area contributed by atoms with Crippen LogP contribution in [0, 0.1) is 0 Å². The molecule has 5 nitrogen and oxygen atoms in total. The quantitative estimate of drug-likeness (QED) is 0.691. The van der Waals surface area contributed by atoms with E-state index in [0.717, 1.165) is 11.1 Å². The normalized spacial score (nSPS) is 12.2. The van der Waals surface area contributed by atoms with Gasteiger partial charge in [-0.05, 0) is 23.8 Å². The van der Waals surface area contributed by atoms with Crippen LogP contribution in [0.15, 0.2) is 52.9 Å². The molecule has 0 spiro atoms. The van der Waals surface area contributed by atoms with Crippen molar-refractivity contribution < 1.29 is 19.4 Å². The lowest BCUT2D eigenvalue weighted by Crippen LogP contribution is -2.14. The van der Waals surface area contributed by atoms with E-state index in [4.69, 9.17) is 21.7 Å². The van der Waals surface area contributed by atoms with Crippen molar-refractivity contribution in [3.63, 3.8) is 0 Å². The lowest BCUT2D eigenvalue weighted by molar-refractivity contribution is -0.137. The van der Waals surface area contributed by atoms with Gasteiger partial charge in [-0.1, -0.05) is 42.5 Å². The van der Waals surface area contributed by atoms with Gasteiger partial charge in [0.2, 0.25) is 5.89 Å². The van der Waals surface area contributed by atoms with E-state index in [2.05, 4.69) is 4.98 Å². The summed E-state index contributed by atoms with van der Waals surface area (Å²) in [4.78, 5) is 15.3. The smallest absolute Gasteiger partial charge is 0.304 e. The zero-order chi connectivity index (χ0) is 16.4. The number of nitrogens with zero attached hydrogens (tertiary/aromatic N) is 1. The molecule has 3 aromatic rings. The minimum absolute atomic E-state index is 0.110. The van der Waals surface area contributed by atoms with Gasteiger partial charge >= 0.3 is 5.97 Å². The van der Waals surface area contributed by atoms with E-state index in [9.17, 15) is 9.90 Å². The van der Waals surface area contributed by atoms with Gasteiger partial charge in [0.05, 0.1) is 6.42 Å². The Bertz CT molecular complexity index is 873. The molecule has 0 saturated carbocycles. The number of carboxylic acids is 1. The van der Waals surface area contributed by atoms with Gasteiger partial charge in [-0.2, -0.15) is 0 Å². The second kappa shape index (κ2) is 6.18. The van der Waals surface area contributed by atoms with Crippen molar-refractivity contribution in [2.45, 2.75) is 12.3 Å². The van der Waals surface area contributed by atoms with Gasteiger partial charge in [-0.15, -0.1) is 0 Å². The van der Waals surface area contributed by atoms with Crippen molar-refractivity contribution in [1.29, 1.82) is 0 Å². The topological polar surface area (TPSA) is 83.6 Å². The van der Waals surface area contributed by atoms with E-state index < -0.39 is 16.9 Å². The average Bonchev–Trinajstić information content (AvgIpc) is 2.96. The number of carbonyl (C=O) groups is 1. The van der Waals surface area contributed by atoms with E-state index in [1.54, 1.807) is 6.07 Å². The lowest BCUT2D eigenvalue weighted by Gasteiger charge is -2.06. The number of aliphatic hydroxyl groups excluding tert-OH is 1. The molecule has 0 saturated heterocycles. The van der Waals surface area contributed by atoms with Crippen LogP contribution in [-0.2, 0) is 4.79 Å². The number of benzene rings is 2. The summed E-state index contributed by atoms with van der Waals surface area (Å²) in [7, 11) is 0. The number of aromatic nitrogens is 1. The highest BCUT2D eigenvalue weighted by atomic mass is 32.1. The summed E-state index contributed by atoms with van der Waals surface area (Å²) >= 11 is 4.74. The number of fused-ring (bicyclic) bond motifs is 1. The van der Waals surface area contributed by atoms with Crippen LogP contribution in [0.25, 0.3) is 22.2 Å². The summed E-state index contributed by atoms with van der Waals surface area (Å²) in [5, 5.41) is 18.1. The number of hydrogen-bond acceptors (Lipinski definition) is 4. The van der Waals surface area contributed by atoms with E-state index in [1.165, 1.54) is 0 Å². The Morgan fingerprint density at radius 1 is 1.13 bits per heavy atom. The van der Waals surface area contributed by atoms with Crippen LogP contribution < -0.4 is 0 Å². The summed E-state index contributed by atoms with van der Waals surface area (Å²) < 4.78 is 5.63. The molecule has 23 heavy (non-hydrogen) atoms. The highest BCUT2D eigenvalue weighted by molar-refractivity contribution is 7.80. The molecule has 0 radical (unpaired) electrons. The molecule has 2 N–H and O–H groups in total. The molecule has 1 aromatic heterocycles.